The molecule has 0 bridgehead atoms. The van der Waals surface area contributed by atoms with E-state index in [0.717, 1.165) is 38.0 Å². The van der Waals surface area contributed by atoms with E-state index in [2.05, 4.69) is 10.00 Å². The normalized spacial score (nSPS) is 21.7. The van der Waals surface area contributed by atoms with Crippen molar-refractivity contribution in [3.05, 3.63) is 22.6 Å². The minimum Gasteiger partial charge on any atom is -0.380 e. The van der Waals surface area contributed by atoms with Crippen molar-refractivity contribution in [3.63, 3.8) is 0 Å². The van der Waals surface area contributed by atoms with Gasteiger partial charge in [0.05, 0.1) is 18.0 Å². The van der Waals surface area contributed by atoms with Crippen LogP contribution in [-0.4, -0.2) is 60.0 Å². The number of hydrogen-bond donors (Lipinski definition) is 0. The van der Waals surface area contributed by atoms with Gasteiger partial charge in [0, 0.05) is 39.4 Å². The van der Waals surface area contributed by atoms with Crippen molar-refractivity contribution in [2.75, 3.05) is 38.2 Å². The van der Waals surface area contributed by atoms with E-state index in [9.17, 15) is 9.59 Å². The standard InChI is InChI=1S/C16H24N4O3/c1-23-14-5-8-19(11-14)16(22)12-20-15(21)9-13(10-17-20)18-6-3-2-4-7-18/h9-10,14H,2-8,11-12H2,1H3/t14-/m0/s1. The fourth-order valence-electron chi connectivity index (χ4n) is 3.24. The molecule has 0 unspecified atom stereocenters. The third-order valence-electron chi connectivity index (χ3n) is 4.69. The Balaban J connectivity index is 1.64. The van der Waals surface area contributed by atoms with E-state index in [0.29, 0.717) is 13.1 Å². The Hall–Kier alpha value is -1.89. The highest BCUT2D eigenvalue weighted by Crippen LogP contribution is 2.17. The maximum absolute atomic E-state index is 12.3. The SMILES string of the molecule is CO[C@H]1CCN(C(=O)Cn2ncc(N3CCCCC3)cc2=O)C1. The lowest BCUT2D eigenvalue weighted by Crippen LogP contribution is -2.37. The highest BCUT2D eigenvalue weighted by molar-refractivity contribution is 5.76. The summed E-state index contributed by atoms with van der Waals surface area (Å²) >= 11 is 0. The Labute approximate surface area is 135 Å². The molecular formula is C16H24N4O3. The first-order valence-corrected chi connectivity index (χ1v) is 8.30. The molecule has 23 heavy (non-hydrogen) atoms. The van der Waals surface area contributed by atoms with Crippen LogP contribution in [0.3, 0.4) is 0 Å². The van der Waals surface area contributed by atoms with Gasteiger partial charge in [-0.15, -0.1) is 0 Å². The van der Waals surface area contributed by atoms with Crippen molar-refractivity contribution < 1.29 is 9.53 Å². The largest absolute Gasteiger partial charge is 0.380 e. The highest BCUT2D eigenvalue weighted by Gasteiger charge is 2.26. The van der Waals surface area contributed by atoms with E-state index >= 15 is 0 Å². The summed E-state index contributed by atoms with van der Waals surface area (Å²) in [5.41, 5.74) is 0.642. The lowest BCUT2D eigenvalue weighted by molar-refractivity contribution is -0.131. The van der Waals surface area contributed by atoms with Crippen LogP contribution >= 0.6 is 0 Å². The summed E-state index contributed by atoms with van der Waals surface area (Å²) in [6.07, 6.45) is 6.19. The molecule has 1 aromatic heterocycles. The number of rotatable bonds is 4. The maximum atomic E-state index is 12.3. The Bertz CT molecular complexity index is 610. The number of ether oxygens (including phenoxy) is 1. The van der Waals surface area contributed by atoms with Crippen LogP contribution in [0.5, 0.6) is 0 Å². The van der Waals surface area contributed by atoms with Gasteiger partial charge in [0.25, 0.3) is 5.56 Å². The second-order valence-corrected chi connectivity index (χ2v) is 6.24. The average Bonchev–Trinajstić information content (AvgIpc) is 3.07. The fourth-order valence-corrected chi connectivity index (χ4v) is 3.24. The van der Waals surface area contributed by atoms with Crippen LogP contribution in [0.15, 0.2) is 17.1 Å². The summed E-state index contributed by atoms with van der Waals surface area (Å²) < 4.78 is 6.51. The molecule has 0 radical (unpaired) electrons. The molecule has 0 saturated carbocycles. The zero-order valence-electron chi connectivity index (χ0n) is 13.6. The number of carbonyl (C=O) groups is 1. The topological polar surface area (TPSA) is 67.7 Å². The molecule has 7 nitrogen and oxygen atoms in total. The number of carbonyl (C=O) groups excluding carboxylic acids is 1. The van der Waals surface area contributed by atoms with Crippen LogP contribution < -0.4 is 10.5 Å². The van der Waals surface area contributed by atoms with Crippen molar-refractivity contribution >= 4 is 11.6 Å². The molecule has 2 saturated heterocycles. The van der Waals surface area contributed by atoms with Crippen LogP contribution in [0, 0.1) is 0 Å². The molecule has 0 spiro atoms. The van der Waals surface area contributed by atoms with Crippen molar-refractivity contribution in [3.8, 4) is 0 Å². The zero-order valence-corrected chi connectivity index (χ0v) is 13.6. The molecule has 7 heteroatoms. The summed E-state index contributed by atoms with van der Waals surface area (Å²) in [4.78, 5) is 28.4. The number of nitrogens with zero attached hydrogens (tertiary/aromatic N) is 4. The summed E-state index contributed by atoms with van der Waals surface area (Å²) in [6.45, 7) is 3.20. The number of aromatic nitrogens is 2. The molecule has 2 aliphatic heterocycles. The molecule has 2 fully saturated rings. The van der Waals surface area contributed by atoms with E-state index in [1.54, 1.807) is 24.3 Å². The predicted molar refractivity (Wildman–Crippen MR) is 86.6 cm³/mol. The minimum absolute atomic E-state index is 0.00442. The Kier molecular flexibility index (Phi) is 4.95. The monoisotopic (exact) mass is 320 g/mol. The van der Waals surface area contributed by atoms with Crippen LogP contribution in [0.4, 0.5) is 5.69 Å². The average molecular weight is 320 g/mol. The molecular weight excluding hydrogens is 296 g/mol. The van der Waals surface area contributed by atoms with E-state index in [1.165, 1.54) is 11.1 Å². The molecule has 3 heterocycles. The summed E-state index contributed by atoms with van der Waals surface area (Å²) in [5.74, 6) is -0.0788. The quantitative estimate of drug-likeness (QED) is 0.807. The molecule has 1 amide bonds. The maximum Gasteiger partial charge on any atom is 0.269 e. The van der Waals surface area contributed by atoms with E-state index in [4.69, 9.17) is 4.74 Å². The van der Waals surface area contributed by atoms with Crippen molar-refractivity contribution in [2.45, 2.75) is 38.3 Å². The van der Waals surface area contributed by atoms with Gasteiger partial charge in [0.1, 0.15) is 6.54 Å². The predicted octanol–water partition coefficient (Wildman–Crippen LogP) is 0.481. The molecule has 3 rings (SSSR count). The van der Waals surface area contributed by atoms with Gasteiger partial charge in [0.2, 0.25) is 5.91 Å². The zero-order chi connectivity index (χ0) is 16.2. The second kappa shape index (κ2) is 7.12. The van der Waals surface area contributed by atoms with Gasteiger partial charge in [-0.2, -0.15) is 5.10 Å². The number of anilines is 1. The van der Waals surface area contributed by atoms with Gasteiger partial charge in [-0.1, -0.05) is 0 Å². The molecule has 0 N–H and O–H groups in total. The molecule has 2 aliphatic rings. The van der Waals surface area contributed by atoms with Gasteiger partial charge >= 0.3 is 0 Å². The number of likely N-dealkylation sites (tertiary alicyclic amines) is 1. The molecule has 0 aliphatic carbocycles. The van der Waals surface area contributed by atoms with Gasteiger partial charge in [-0.3, -0.25) is 9.59 Å². The van der Waals surface area contributed by atoms with Crippen LogP contribution in [0.25, 0.3) is 0 Å². The first-order chi connectivity index (χ1) is 11.2. The Morgan fingerprint density at radius 1 is 1.30 bits per heavy atom. The molecule has 1 aromatic rings. The van der Waals surface area contributed by atoms with Gasteiger partial charge < -0.3 is 14.5 Å². The molecule has 0 aromatic carbocycles. The molecule has 126 valence electrons. The van der Waals surface area contributed by atoms with Crippen LogP contribution in [0.1, 0.15) is 25.7 Å². The highest BCUT2D eigenvalue weighted by atomic mass is 16.5. The fraction of sp³-hybridized carbons (Fsp3) is 0.688. The van der Waals surface area contributed by atoms with Gasteiger partial charge in [-0.25, -0.2) is 4.68 Å². The third-order valence-corrected chi connectivity index (χ3v) is 4.69. The third kappa shape index (κ3) is 3.72. The Morgan fingerprint density at radius 2 is 2.09 bits per heavy atom. The van der Waals surface area contributed by atoms with Crippen molar-refractivity contribution in [1.82, 2.24) is 14.7 Å². The van der Waals surface area contributed by atoms with E-state index < -0.39 is 0 Å². The number of methoxy groups -OCH3 is 1. The summed E-state index contributed by atoms with van der Waals surface area (Å²) in [6, 6.07) is 1.59. The lowest BCUT2D eigenvalue weighted by atomic mass is 10.1. The number of amides is 1. The second-order valence-electron chi connectivity index (χ2n) is 6.24. The van der Waals surface area contributed by atoms with Crippen molar-refractivity contribution in [1.29, 1.82) is 0 Å². The smallest absolute Gasteiger partial charge is 0.269 e. The summed E-state index contributed by atoms with van der Waals surface area (Å²) in [7, 11) is 1.66. The van der Waals surface area contributed by atoms with E-state index in [1.807, 2.05) is 0 Å². The Morgan fingerprint density at radius 3 is 2.74 bits per heavy atom. The van der Waals surface area contributed by atoms with Gasteiger partial charge in [-0.05, 0) is 25.7 Å². The first kappa shape index (κ1) is 16.0. The number of piperidine rings is 1. The molecule has 1 atom stereocenters. The van der Waals surface area contributed by atoms with Gasteiger partial charge in [0.15, 0.2) is 0 Å². The summed E-state index contributed by atoms with van der Waals surface area (Å²) in [5, 5.41) is 4.19. The van der Waals surface area contributed by atoms with Crippen LogP contribution in [-0.2, 0) is 16.1 Å². The van der Waals surface area contributed by atoms with Crippen LogP contribution in [0.2, 0.25) is 0 Å². The van der Waals surface area contributed by atoms with E-state index in [-0.39, 0.29) is 24.1 Å². The minimum atomic E-state index is -0.219. The number of hydrogen-bond acceptors (Lipinski definition) is 5. The lowest BCUT2D eigenvalue weighted by Gasteiger charge is -2.28. The first-order valence-electron chi connectivity index (χ1n) is 8.30. The van der Waals surface area contributed by atoms with Crippen molar-refractivity contribution in [2.24, 2.45) is 0 Å².